The van der Waals surface area contributed by atoms with Crippen LogP contribution in [0.15, 0.2) is 30.6 Å². The van der Waals surface area contributed by atoms with Crippen LogP contribution in [0.25, 0.3) is 5.82 Å². The summed E-state index contributed by atoms with van der Waals surface area (Å²) < 4.78 is 1.28. The number of amides is 1. The number of carbonyl (C=O) groups excluding carboxylic acids is 1. The normalized spacial score (nSPS) is 10.5. The van der Waals surface area contributed by atoms with Crippen molar-refractivity contribution in [2.24, 2.45) is 0 Å². The van der Waals surface area contributed by atoms with Crippen molar-refractivity contribution in [1.29, 1.82) is 0 Å². The van der Waals surface area contributed by atoms with Gasteiger partial charge in [0.2, 0.25) is 11.6 Å². The minimum atomic E-state index is -0.796. The average molecular weight is 433 g/mol. The van der Waals surface area contributed by atoms with Crippen molar-refractivity contribution in [2.75, 3.05) is 5.43 Å². The van der Waals surface area contributed by atoms with Crippen LogP contribution in [0.3, 0.4) is 0 Å². The quantitative estimate of drug-likeness (QED) is 0.438. The van der Waals surface area contributed by atoms with Crippen molar-refractivity contribution in [3.8, 4) is 5.82 Å². The SMILES string of the molecule is Cc1cc(C)n(-c2ncnc(NNC(=O)c3ccc(Cl)c([N+](=O)[O-])c3)c2[N+](=O)[O-])n1. The van der Waals surface area contributed by atoms with Crippen LogP contribution in [0.4, 0.5) is 17.2 Å². The number of halogens is 1. The minimum absolute atomic E-state index is 0.0888. The summed E-state index contributed by atoms with van der Waals surface area (Å²) in [4.78, 5) is 41.2. The van der Waals surface area contributed by atoms with E-state index in [0.717, 1.165) is 12.4 Å². The number of hydrazine groups is 1. The standard InChI is InChI=1S/C16H13ClN8O5/c1-8-5-9(2)23(22-8)15-13(25(29)30)14(18-7-19-15)20-21-16(26)10-3-4-11(17)12(6-10)24(27)28/h3-7H,1-2H3,(H,21,26)(H,18,19,20). The number of hydrogen-bond donors (Lipinski definition) is 2. The van der Waals surface area contributed by atoms with Gasteiger partial charge < -0.3 is 0 Å². The summed E-state index contributed by atoms with van der Waals surface area (Å²) in [7, 11) is 0. The lowest BCUT2D eigenvalue weighted by atomic mass is 10.2. The van der Waals surface area contributed by atoms with E-state index in [-0.39, 0.29) is 22.2 Å². The van der Waals surface area contributed by atoms with E-state index in [0.29, 0.717) is 11.4 Å². The Hall–Kier alpha value is -4.13. The molecule has 0 fully saturated rings. The van der Waals surface area contributed by atoms with Crippen molar-refractivity contribution >= 4 is 34.7 Å². The lowest BCUT2D eigenvalue weighted by Gasteiger charge is -2.10. The predicted molar refractivity (Wildman–Crippen MR) is 104 cm³/mol. The zero-order valence-electron chi connectivity index (χ0n) is 15.5. The number of carbonyl (C=O) groups is 1. The van der Waals surface area contributed by atoms with Crippen LogP contribution in [0.5, 0.6) is 0 Å². The van der Waals surface area contributed by atoms with Gasteiger partial charge in [-0.1, -0.05) is 11.6 Å². The molecule has 14 heteroatoms. The van der Waals surface area contributed by atoms with Gasteiger partial charge in [-0.05, 0) is 32.0 Å². The van der Waals surface area contributed by atoms with Gasteiger partial charge in [-0.25, -0.2) is 14.6 Å². The smallest absolute Gasteiger partial charge is 0.276 e. The molecule has 1 amide bonds. The van der Waals surface area contributed by atoms with Crippen LogP contribution in [-0.2, 0) is 0 Å². The first-order chi connectivity index (χ1) is 14.2. The third-order valence-electron chi connectivity index (χ3n) is 3.90. The van der Waals surface area contributed by atoms with Gasteiger partial charge in [0.1, 0.15) is 11.3 Å². The number of benzene rings is 1. The Morgan fingerprint density at radius 3 is 2.47 bits per heavy atom. The lowest BCUT2D eigenvalue weighted by Crippen LogP contribution is -2.30. The maximum atomic E-state index is 12.3. The van der Waals surface area contributed by atoms with Gasteiger partial charge in [-0.15, -0.1) is 0 Å². The summed E-state index contributed by atoms with van der Waals surface area (Å²) in [5.74, 6) is -1.19. The number of rotatable bonds is 6. The largest absolute Gasteiger partial charge is 0.357 e. The van der Waals surface area contributed by atoms with Crippen molar-refractivity contribution in [3.63, 3.8) is 0 Å². The highest BCUT2D eigenvalue weighted by molar-refractivity contribution is 6.32. The minimum Gasteiger partial charge on any atom is -0.276 e. The van der Waals surface area contributed by atoms with Gasteiger partial charge in [0, 0.05) is 17.3 Å². The highest BCUT2D eigenvalue weighted by atomic mass is 35.5. The first kappa shape index (κ1) is 20.6. The van der Waals surface area contributed by atoms with Crippen molar-refractivity contribution in [2.45, 2.75) is 13.8 Å². The Morgan fingerprint density at radius 1 is 1.13 bits per heavy atom. The van der Waals surface area contributed by atoms with E-state index in [1.54, 1.807) is 19.9 Å². The van der Waals surface area contributed by atoms with E-state index in [1.165, 1.54) is 16.8 Å². The molecule has 3 rings (SSSR count). The number of nitro benzene ring substituents is 1. The van der Waals surface area contributed by atoms with E-state index < -0.39 is 27.1 Å². The fourth-order valence-electron chi connectivity index (χ4n) is 2.61. The number of nitro groups is 2. The molecule has 0 saturated heterocycles. The summed E-state index contributed by atoms with van der Waals surface area (Å²) in [6.07, 6.45) is 1.07. The molecule has 0 radical (unpaired) electrons. The van der Waals surface area contributed by atoms with Crippen LogP contribution in [0.2, 0.25) is 5.02 Å². The molecule has 0 aliphatic carbocycles. The first-order valence-electron chi connectivity index (χ1n) is 8.22. The number of nitrogens with zero attached hydrogens (tertiary/aromatic N) is 6. The fraction of sp³-hybridized carbons (Fsp3) is 0.125. The Kier molecular flexibility index (Phi) is 5.55. The number of aryl methyl sites for hydroxylation is 2. The second-order valence-corrected chi connectivity index (χ2v) is 6.40. The molecule has 0 aliphatic heterocycles. The highest BCUT2D eigenvalue weighted by Crippen LogP contribution is 2.28. The molecular formula is C16H13ClN8O5. The number of nitrogens with one attached hydrogen (secondary N) is 2. The van der Waals surface area contributed by atoms with E-state index in [2.05, 4.69) is 25.9 Å². The van der Waals surface area contributed by atoms with E-state index in [1.807, 2.05) is 0 Å². The van der Waals surface area contributed by atoms with Crippen molar-refractivity contribution < 1.29 is 14.6 Å². The molecule has 2 heterocycles. The van der Waals surface area contributed by atoms with Gasteiger partial charge in [0.05, 0.1) is 15.5 Å². The van der Waals surface area contributed by atoms with E-state index in [9.17, 15) is 25.0 Å². The highest BCUT2D eigenvalue weighted by Gasteiger charge is 2.26. The summed E-state index contributed by atoms with van der Waals surface area (Å²) in [6.45, 7) is 3.43. The third-order valence-corrected chi connectivity index (χ3v) is 4.21. The van der Waals surface area contributed by atoms with Crippen LogP contribution < -0.4 is 10.9 Å². The Balaban J connectivity index is 1.91. The average Bonchev–Trinajstić information content (AvgIpc) is 3.03. The first-order valence-corrected chi connectivity index (χ1v) is 8.60. The number of aromatic nitrogens is 4. The topological polar surface area (TPSA) is 171 Å². The lowest BCUT2D eigenvalue weighted by molar-refractivity contribution is -0.384. The molecule has 0 bridgehead atoms. The molecule has 0 unspecified atom stereocenters. The summed E-state index contributed by atoms with van der Waals surface area (Å²) in [6, 6.07) is 5.16. The molecule has 3 aromatic rings. The van der Waals surface area contributed by atoms with Crippen molar-refractivity contribution in [3.05, 3.63) is 72.8 Å². The Labute approximate surface area is 173 Å². The zero-order chi connectivity index (χ0) is 22.0. The summed E-state index contributed by atoms with van der Waals surface area (Å²) >= 11 is 5.73. The molecule has 2 N–H and O–H groups in total. The second kappa shape index (κ2) is 8.08. The van der Waals surface area contributed by atoms with Gasteiger partial charge in [0.15, 0.2) is 0 Å². The maximum Gasteiger partial charge on any atom is 0.357 e. The molecule has 30 heavy (non-hydrogen) atoms. The summed E-state index contributed by atoms with van der Waals surface area (Å²) in [5, 5.41) is 26.7. The zero-order valence-corrected chi connectivity index (χ0v) is 16.2. The van der Waals surface area contributed by atoms with Crippen LogP contribution in [0.1, 0.15) is 21.7 Å². The Morgan fingerprint density at radius 2 is 1.87 bits per heavy atom. The van der Waals surface area contributed by atoms with Crippen molar-refractivity contribution in [1.82, 2.24) is 25.2 Å². The van der Waals surface area contributed by atoms with Gasteiger partial charge >= 0.3 is 5.69 Å². The van der Waals surface area contributed by atoms with E-state index in [4.69, 9.17) is 11.6 Å². The van der Waals surface area contributed by atoms with E-state index >= 15 is 0 Å². The molecule has 0 atom stereocenters. The van der Waals surface area contributed by atoms with Gasteiger partial charge in [-0.3, -0.25) is 35.9 Å². The fourth-order valence-corrected chi connectivity index (χ4v) is 2.80. The molecule has 0 aliphatic rings. The van der Waals surface area contributed by atoms with Crippen LogP contribution in [0, 0.1) is 34.1 Å². The maximum absolute atomic E-state index is 12.3. The molecular weight excluding hydrogens is 420 g/mol. The number of hydrogen-bond acceptors (Lipinski definition) is 9. The Bertz CT molecular complexity index is 1180. The van der Waals surface area contributed by atoms with Crippen LogP contribution in [-0.4, -0.2) is 35.5 Å². The molecule has 1 aromatic carbocycles. The second-order valence-electron chi connectivity index (χ2n) is 5.99. The monoisotopic (exact) mass is 432 g/mol. The summed E-state index contributed by atoms with van der Waals surface area (Å²) in [5.41, 5.74) is 4.75. The molecule has 0 saturated carbocycles. The van der Waals surface area contributed by atoms with Gasteiger partial charge in [-0.2, -0.15) is 5.10 Å². The molecule has 154 valence electrons. The molecule has 13 nitrogen and oxygen atoms in total. The predicted octanol–water partition coefficient (Wildman–Crippen LogP) is 2.51. The third kappa shape index (κ3) is 4.00. The van der Waals surface area contributed by atoms with Gasteiger partial charge in [0.25, 0.3) is 11.6 Å². The number of anilines is 1. The molecule has 2 aromatic heterocycles. The molecule has 0 spiro atoms. The van der Waals surface area contributed by atoms with Crippen LogP contribution >= 0.6 is 11.6 Å².